The average Bonchev–Trinajstić information content (AvgIpc) is 3.08. The molecule has 2 aromatic carbocycles. The summed E-state index contributed by atoms with van der Waals surface area (Å²) < 4.78 is 7.03. The molecule has 0 spiro atoms. The number of nitrogens with zero attached hydrogens (tertiary/aromatic N) is 2. The smallest absolute Gasteiger partial charge is 0.338 e. The van der Waals surface area contributed by atoms with Gasteiger partial charge in [0.25, 0.3) is 5.56 Å². The highest BCUT2D eigenvalue weighted by Crippen LogP contribution is 2.34. The summed E-state index contributed by atoms with van der Waals surface area (Å²) in [5.74, 6) is -0.538. The number of carbonyl (C=O) groups excluding carboxylic acids is 1. The third-order valence-corrected chi connectivity index (χ3v) is 6.31. The first kappa shape index (κ1) is 21.0. The molecule has 0 saturated carbocycles. The van der Waals surface area contributed by atoms with Gasteiger partial charge in [-0.25, -0.2) is 9.79 Å². The second-order valence-corrected chi connectivity index (χ2v) is 8.30. The van der Waals surface area contributed by atoms with Gasteiger partial charge in [-0.3, -0.25) is 9.36 Å². The number of esters is 1. The first-order valence-corrected chi connectivity index (χ1v) is 10.8. The number of aromatic nitrogens is 1. The summed E-state index contributed by atoms with van der Waals surface area (Å²) in [5.41, 5.74) is 2.25. The summed E-state index contributed by atoms with van der Waals surface area (Å²) in [6, 6.07) is 16.3. The number of methoxy groups -OCH3 is 1. The molecule has 1 atom stereocenters. The molecule has 0 fully saturated rings. The highest BCUT2D eigenvalue weighted by atomic mass is 35.5. The van der Waals surface area contributed by atoms with E-state index in [2.05, 4.69) is 4.99 Å². The van der Waals surface area contributed by atoms with Crippen molar-refractivity contribution in [2.24, 2.45) is 4.99 Å². The van der Waals surface area contributed by atoms with Crippen LogP contribution < -0.4 is 14.9 Å². The van der Waals surface area contributed by atoms with Crippen molar-refractivity contribution in [2.45, 2.75) is 13.0 Å². The van der Waals surface area contributed by atoms with E-state index in [0.29, 0.717) is 31.2 Å². The lowest BCUT2D eigenvalue weighted by Gasteiger charge is -2.25. The van der Waals surface area contributed by atoms with Crippen molar-refractivity contribution in [1.29, 1.82) is 0 Å². The number of ether oxygens (including phenoxy) is 1. The number of benzene rings is 2. The zero-order valence-corrected chi connectivity index (χ0v) is 18.5. The molecule has 0 amide bonds. The number of hydrogen-bond donors (Lipinski definition) is 0. The summed E-state index contributed by atoms with van der Waals surface area (Å²) in [6.45, 7) is 1.74. The van der Waals surface area contributed by atoms with E-state index in [0.717, 1.165) is 5.56 Å². The highest BCUT2D eigenvalue weighted by molar-refractivity contribution is 7.07. The van der Waals surface area contributed by atoms with Crippen LogP contribution in [-0.4, -0.2) is 17.6 Å². The van der Waals surface area contributed by atoms with E-state index in [-0.39, 0.29) is 5.56 Å². The number of thiazole rings is 1. The van der Waals surface area contributed by atoms with Crippen molar-refractivity contribution in [3.63, 3.8) is 0 Å². The molecular weight excluding hydrogens is 432 g/mol. The van der Waals surface area contributed by atoms with Gasteiger partial charge in [0, 0.05) is 5.02 Å². The van der Waals surface area contributed by atoms with Crippen LogP contribution in [0.2, 0.25) is 5.02 Å². The van der Waals surface area contributed by atoms with Gasteiger partial charge in [0.05, 0.1) is 22.9 Å². The van der Waals surface area contributed by atoms with Crippen LogP contribution in [-0.2, 0) is 9.53 Å². The summed E-state index contributed by atoms with van der Waals surface area (Å²) in [5, 5.41) is 0.460. The molecular formula is C24H19ClN2O3S. The summed E-state index contributed by atoms with van der Waals surface area (Å²) in [6.07, 6.45) is 5.52. The lowest BCUT2D eigenvalue weighted by molar-refractivity contribution is -0.136. The molecule has 1 aliphatic rings. The van der Waals surface area contributed by atoms with E-state index in [1.807, 2.05) is 48.6 Å². The molecule has 1 aromatic heterocycles. The van der Waals surface area contributed by atoms with Crippen molar-refractivity contribution in [2.75, 3.05) is 7.11 Å². The van der Waals surface area contributed by atoms with Crippen LogP contribution in [0.25, 0.3) is 12.2 Å². The quantitative estimate of drug-likeness (QED) is 0.569. The molecule has 156 valence electrons. The molecule has 0 unspecified atom stereocenters. The summed E-state index contributed by atoms with van der Waals surface area (Å²) >= 11 is 7.73. The van der Waals surface area contributed by atoms with Gasteiger partial charge >= 0.3 is 5.97 Å². The maximum absolute atomic E-state index is 13.3. The third kappa shape index (κ3) is 4.04. The lowest BCUT2D eigenvalue weighted by Crippen LogP contribution is -2.39. The van der Waals surface area contributed by atoms with Crippen molar-refractivity contribution in [3.8, 4) is 0 Å². The van der Waals surface area contributed by atoms with Gasteiger partial charge < -0.3 is 4.74 Å². The van der Waals surface area contributed by atoms with Crippen LogP contribution >= 0.6 is 22.9 Å². The number of allylic oxidation sites excluding steroid dienone is 2. The van der Waals surface area contributed by atoms with Crippen LogP contribution in [0, 0.1) is 0 Å². The SMILES string of the molecule is COC(=O)C1=C(C)N=c2sc(=C/C=C/c3ccccc3)c(=O)n2[C@@H]1c1ccccc1Cl. The molecule has 0 bridgehead atoms. The minimum atomic E-state index is -0.711. The van der Waals surface area contributed by atoms with Gasteiger partial charge in [0.15, 0.2) is 4.80 Å². The normalized spacial score (nSPS) is 16.4. The Labute approximate surface area is 187 Å². The van der Waals surface area contributed by atoms with Crippen LogP contribution in [0.5, 0.6) is 0 Å². The Morgan fingerprint density at radius 2 is 1.87 bits per heavy atom. The van der Waals surface area contributed by atoms with Gasteiger partial charge in [-0.2, -0.15) is 0 Å². The molecule has 4 rings (SSSR count). The second kappa shape index (κ2) is 8.88. The maximum Gasteiger partial charge on any atom is 0.338 e. The molecule has 3 aromatic rings. The Morgan fingerprint density at radius 3 is 2.58 bits per heavy atom. The largest absolute Gasteiger partial charge is 0.466 e. The first-order valence-electron chi connectivity index (χ1n) is 9.58. The van der Waals surface area contributed by atoms with Gasteiger partial charge in [-0.1, -0.05) is 83.6 Å². The van der Waals surface area contributed by atoms with E-state index in [9.17, 15) is 9.59 Å². The van der Waals surface area contributed by atoms with Crippen molar-refractivity contribution >= 4 is 41.1 Å². The van der Waals surface area contributed by atoms with E-state index >= 15 is 0 Å². The zero-order chi connectivity index (χ0) is 22.0. The molecule has 31 heavy (non-hydrogen) atoms. The van der Waals surface area contributed by atoms with Gasteiger partial charge in [-0.05, 0) is 30.2 Å². The number of fused-ring (bicyclic) bond motifs is 1. The molecule has 2 heterocycles. The number of hydrogen-bond acceptors (Lipinski definition) is 5. The van der Waals surface area contributed by atoms with Crippen molar-refractivity contribution in [3.05, 3.63) is 108 Å². The fourth-order valence-electron chi connectivity index (χ4n) is 3.51. The molecule has 7 heteroatoms. The topological polar surface area (TPSA) is 60.7 Å². The van der Waals surface area contributed by atoms with E-state index in [1.165, 1.54) is 23.0 Å². The van der Waals surface area contributed by atoms with E-state index in [4.69, 9.17) is 16.3 Å². The minimum absolute atomic E-state index is 0.236. The Morgan fingerprint density at radius 1 is 1.16 bits per heavy atom. The Kier molecular flexibility index (Phi) is 6.02. The molecule has 0 aliphatic carbocycles. The van der Waals surface area contributed by atoms with Crippen molar-refractivity contribution < 1.29 is 9.53 Å². The first-order chi connectivity index (χ1) is 15.0. The third-order valence-electron chi connectivity index (χ3n) is 4.96. The van der Waals surface area contributed by atoms with E-state index < -0.39 is 12.0 Å². The number of rotatable bonds is 4. The van der Waals surface area contributed by atoms with Crippen LogP contribution in [0.15, 0.2) is 81.7 Å². The monoisotopic (exact) mass is 450 g/mol. The van der Waals surface area contributed by atoms with Gasteiger partial charge in [0.2, 0.25) is 0 Å². The van der Waals surface area contributed by atoms with Crippen LogP contribution in [0.3, 0.4) is 0 Å². The lowest BCUT2D eigenvalue weighted by atomic mass is 9.96. The predicted molar refractivity (Wildman–Crippen MR) is 124 cm³/mol. The van der Waals surface area contributed by atoms with Gasteiger partial charge in [-0.15, -0.1) is 0 Å². The van der Waals surface area contributed by atoms with E-state index in [1.54, 1.807) is 31.2 Å². The average molecular weight is 451 g/mol. The molecule has 0 saturated heterocycles. The fraction of sp³-hybridized carbons (Fsp3) is 0.125. The van der Waals surface area contributed by atoms with Crippen molar-refractivity contribution in [1.82, 2.24) is 4.57 Å². The molecule has 1 aliphatic heterocycles. The summed E-state index contributed by atoms with van der Waals surface area (Å²) in [4.78, 5) is 31.0. The zero-order valence-electron chi connectivity index (χ0n) is 16.9. The molecule has 0 radical (unpaired) electrons. The van der Waals surface area contributed by atoms with Crippen LogP contribution in [0.4, 0.5) is 0 Å². The highest BCUT2D eigenvalue weighted by Gasteiger charge is 2.34. The number of halogens is 1. The Hall–Kier alpha value is -3.22. The predicted octanol–water partition coefficient (Wildman–Crippen LogP) is 3.73. The minimum Gasteiger partial charge on any atom is -0.466 e. The fourth-order valence-corrected chi connectivity index (χ4v) is 4.75. The maximum atomic E-state index is 13.3. The van der Waals surface area contributed by atoms with Crippen LogP contribution in [0.1, 0.15) is 24.1 Å². The second-order valence-electron chi connectivity index (χ2n) is 6.89. The summed E-state index contributed by atoms with van der Waals surface area (Å²) in [7, 11) is 1.31. The standard InChI is InChI=1S/C24H19ClN2O3S/c1-15-20(23(29)30-2)21(17-12-6-7-13-18(17)25)27-22(28)19(31-24(27)26-15)14-8-11-16-9-4-3-5-10-16/h3-14,21H,1-2H3/b11-8+,19-14?/t21-/m1/s1. The van der Waals surface area contributed by atoms with Gasteiger partial charge in [0.1, 0.15) is 6.04 Å². The Balaban J connectivity index is 1.90. The molecule has 0 N–H and O–H groups in total. The Bertz CT molecular complexity index is 1380. The number of carbonyl (C=O) groups is 1. The molecule has 5 nitrogen and oxygen atoms in total.